The molecule has 2 aromatic rings. The Morgan fingerprint density at radius 2 is 2.09 bits per heavy atom. The van der Waals surface area contributed by atoms with Crippen molar-refractivity contribution in [3.05, 3.63) is 27.5 Å². The van der Waals surface area contributed by atoms with Gasteiger partial charge in [-0.15, -0.1) is 10.2 Å². The second-order valence-electron chi connectivity index (χ2n) is 2.04. The van der Waals surface area contributed by atoms with Gasteiger partial charge in [0.15, 0.2) is 5.65 Å². The molecule has 3 nitrogen and oxygen atoms in total. The minimum Gasteiger partial charge on any atom is -0.277 e. The first-order valence-corrected chi connectivity index (χ1v) is 4.52. The van der Waals surface area contributed by atoms with Crippen LogP contribution in [0.4, 0.5) is 0 Å². The topological polar surface area (TPSA) is 30.2 Å². The van der Waals surface area contributed by atoms with Crippen molar-refractivity contribution in [2.75, 3.05) is 0 Å². The van der Waals surface area contributed by atoms with Gasteiger partial charge < -0.3 is 0 Å². The molecule has 11 heavy (non-hydrogen) atoms. The van der Waals surface area contributed by atoms with E-state index in [9.17, 15) is 0 Å². The molecule has 0 aromatic carbocycles. The van der Waals surface area contributed by atoms with Crippen LogP contribution in [0.2, 0.25) is 0 Å². The number of hydrogen-bond donors (Lipinski definition) is 0. The maximum atomic E-state index is 3.92. The summed E-state index contributed by atoms with van der Waals surface area (Å²) in [4.78, 5) is 0. The van der Waals surface area contributed by atoms with Crippen LogP contribution in [0.15, 0.2) is 27.5 Å². The van der Waals surface area contributed by atoms with Crippen LogP contribution in [0, 0.1) is 0 Å². The van der Waals surface area contributed by atoms with Crippen LogP contribution in [0.1, 0.15) is 0 Å². The fourth-order valence-electron chi connectivity index (χ4n) is 0.837. The fraction of sp³-hybridized carbons (Fsp3) is 0. The Hall–Kier alpha value is -0.420. The van der Waals surface area contributed by atoms with E-state index in [2.05, 4.69) is 42.1 Å². The summed E-state index contributed by atoms with van der Waals surface area (Å²) in [5.41, 5.74) is 0.825. The monoisotopic (exact) mass is 275 g/mol. The zero-order chi connectivity index (χ0) is 7.84. The molecule has 0 fully saturated rings. The number of fused-ring (bicyclic) bond motifs is 1. The zero-order valence-electron chi connectivity index (χ0n) is 5.33. The highest BCUT2D eigenvalue weighted by atomic mass is 79.9. The van der Waals surface area contributed by atoms with Crippen LogP contribution in [0.3, 0.4) is 0 Å². The molecule has 0 aliphatic rings. The molecule has 2 rings (SSSR count). The molecule has 0 atom stereocenters. The summed E-state index contributed by atoms with van der Waals surface area (Å²) in [6.07, 6.45) is 1.89. The van der Waals surface area contributed by atoms with Crippen molar-refractivity contribution in [1.29, 1.82) is 0 Å². The van der Waals surface area contributed by atoms with Gasteiger partial charge in [0.2, 0.25) is 4.73 Å². The van der Waals surface area contributed by atoms with Gasteiger partial charge in [0, 0.05) is 10.7 Å². The quantitative estimate of drug-likeness (QED) is 0.739. The number of rotatable bonds is 0. The Bertz CT molecular complexity index is 396. The van der Waals surface area contributed by atoms with E-state index < -0.39 is 0 Å². The third-order valence-electron chi connectivity index (χ3n) is 1.33. The Balaban J connectivity index is 2.86. The van der Waals surface area contributed by atoms with Crippen LogP contribution in [-0.4, -0.2) is 14.6 Å². The first-order valence-electron chi connectivity index (χ1n) is 2.93. The van der Waals surface area contributed by atoms with E-state index >= 15 is 0 Å². The molecule has 2 aromatic heterocycles. The van der Waals surface area contributed by atoms with Gasteiger partial charge in [-0.05, 0) is 28.1 Å². The average molecular weight is 277 g/mol. The highest BCUT2D eigenvalue weighted by Gasteiger charge is 2.00. The Morgan fingerprint density at radius 3 is 2.91 bits per heavy atom. The highest BCUT2D eigenvalue weighted by Crippen LogP contribution is 2.14. The number of aromatic nitrogens is 3. The smallest absolute Gasteiger partial charge is 0.204 e. The van der Waals surface area contributed by atoms with Gasteiger partial charge in [0.1, 0.15) is 0 Å². The number of pyridine rings is 1. The first-order chi connectivity index (χ1) is 5.27. The molecule has 0 bridgehead atoms. The summed E-state index contributed by atoms with van der Waals surface area (Å²) in [6, 6.07) is 3.83. The zero-order valence-corrected chi connectivity index (χ0v) is 8.50. The molecule has 0 radical (unpaired) electrons. The Kier molecular flexibility index (Phi) is 1.69. The summed E-state index contributed by atoms with van der Waals surface area (Å²) >= 11 is 6.61. The predicted octanol–water partition coefficient (Wildman–Crippen LogP) is 2.25. The van der Waals surface area contributed by atoms with E-state index in [4.69, 9.17) is 0 Å². The van der Waals surface area contributed by atoms with Crippen molar-refractivity contribution >= 4 is 37.5 Å². The van der Waals surface area contributed by atoms with Crippen molar-refractivity contribution in [2.24, 2.45) is 0 Å². The molecule has 0 aliphatic heterocycles. The van der Waals surface area contributed by atoms with Crippen LogP contribution >= 0.6 is 31.9 Å². The van der Waals surface area contributed by atoms with Crippen molar-refractivity contribution in [3.63, 3.8) is 0 Å². The van der Waals surface area contributed by atoms with Gasteiger partial charge in [-0.1, -0.05) is 15.9 Å². The van der Waals surface area contributed by atoms with E-state index in [1.54, 1.807) is 0 Å². The predicted molar refractivity (Wildman–Crippen MR) is 48.4 cm³/mol. The maximum absolute atomic E-state index is 3.92. The first kappa shape index (κ1) is 7.24. The molecule has 0 amide bonds. The molecule has 0 aliphatic carbocycles. The summed E-state index contributed by atoms with van der Waals surface area (Å²) in [5.74, 6) is 0. The van der Waals surface area contributed by atoms with Gasteiger partial charge in [-0.3, -0.25) is 4.40 Å². The van der Waals surface area contributed by atoms with Gasteiger partial charge in [0.25, 0.3) is 0 Å². The standard InChI is InChI=1S/C6H3Br2N3/c7-4-1-2-11-5(3-4)9-10-6(11)8/h1-3H. The molecule has 0 spiro atoms. The lowest BCUT2D eigenvalue weighted by molar-refractivity contribution is 1.05. The molecule has 0 saturated heterocycles. The number of halogens is 2. The molecule has 0 unspecified atom stereocenters. The van der Waals surface area contributed by atoms with Crippen LogP contribution in [0.5, 0.6) is 0 Å². The third-order valence-corrected chi connectivity index (χ3v) is 2.36. The molecular weight excluding hydrogens is 274 g/mol. The van der Waals surface area contributed by atoms with Crippen LogP contribution < -0.4 is 0 Å². The number of hydrogen-bond acceptors (Lipinski definition) is 2. The fourth-order valence-corrected chi connectivity index (χ4v) is 1.54. The lowest BCUT2D eigenvalue weighted by atomic mass is 10.5. The lowest BCUT2D eigenvalue weighted by Crippen LogP contribution is -1.82. The molecule has 56 valence electrons. The molecule has 5 heteroatoms. The summed E-state index contributed by atoms with van der Waals surface area (Å²) in [5, 5.41) is 7.76. The van der Waals surface area contributed by atoms with Gasteiger partial charge >= 0.3 is 0 Å². The van der Waals surface area contributed by atoms with E-state index in [-0.39, 0.29) is 0 Å². The third kappa shape index (κ3) is 1.18. The Morgan fingerprint density at radius 1 is 1.27 bits per heavy atom. The van der Waals surface area contributed by atoms with Gasteiger partial charge in [-0.25, -0.2) is 0 Å². The van der Waals surface area contributed by atoms with Crippen molar-refractivity contribution < 1.29 is 0 Å². The molecule has 2 heterocycles. The van der Waals surface area contributed by atoms with Gasteiger partial charge in [0.05, 0.1) is 0 Å². The second-order valence-corrected chi connectivity index (χ2v) is 3.67. The van der Waals surface area contributed by atoms with Crippen molar-refractivity contribution in [2.45, 2.75) is 0 Å². The van der Waals surface area contributed by atoms with Gasteiger partial charge in [-0.2, -0.15) is 0 Å². The maximum Gasteiger partial charge on any atom is 0.204 e. The van der Waals surface area contributed by atoms with Crippen molar-refractivity contribution in [1.82, 2.24) is 14.6 Å². The molecule has 0 saturated carbocycles. The van der Waals surface area contributed by atoms with E-state index in [0.29, 0.717) is 0 Å². The van der Waals surface area contributed by atoms with Crippen LogP contribution in [-0.2, 0) is 0 Å². The SMILES string of the molecule is Brc1ccn2c(Br)nnc2c1. The largest absolute Gasteiger partial charge is 0.277 e. The van der Waals surface area contributed by atoms with E-state index in [0.717, 1.165) is 14.9 Å². The van der Waals surface area contributed by atoms with Crippen LogP contribution in [0.25, 0.3) is 5.65 Å². The Labute approximate surface area is 79.7 Å². The average Bonchev–Trinajstić information content (AvgIpc) is 2.32. The molecular formula is C6H3Br2N3. The summed E-state index contributed by atoms with van der Waals surface area (Å²) in [6.45, 7) is 0. The van der Waals surface area contributed by atoms with E-state index in [1.165, 1.54) is 0 Å². The minimum absolute atomic E-state index is 0.722. The second kappa shape index (κ2) is 2.57. The summed E-state index contributed by atoms with van der Waals surface area (Å²) < 4.78 is 3.58. The van der Waals surface area contributed by atoms with Crippen molar-refractivity contribution in [3.8, 4) is 0 Å². The normalized spacial score (nSPS) is 10.7. The minimum atomic E-state index is 0.722. The summed E-state index contributed by atoms with van der Waals surface area (Å²) in [7, 11) is 0. The highest BCUT2D eigenvalue weighted by molar-refractivity contribution is 9.10. The molecule has 0 N–H and O–H groups in total. The number of nitrogens with zero attached hydrogens (tertiary/aromatic N) is 3. The van der Waals surface area contributed by atoms with E-state index in [1.807, 2.05) is 22.7 Å². The lowest BCUT2D eigenvalue weighted by Gasteiger charge is -1.91.